The van der Waals surface area contributed by atoms with Crippen molar-refractivity contribution in [2.45, 2.75) is 20.3 Å². The van der Waals surface area contributed by atoms with E-state index in [0.717, 1.165) is 16.9 Å². The van der Waals surface area contributed by atoms with Gasteiger partial charge in [-0.2, -0.15) is 0 Å². The number of hydrogen-bond donors (Lipinski definition) is 2. The van der Waals surface area contributed by atoms with Gasteiger partial charge in [0.2, 0.25) is 5.91 Å². The highest BCUT2D eigenvalue weighted by atomic mass is 16.5. The number of carbonyl (C=O) groups excluding carboxylic acids is 1. The Morgan fingerprint density at radius 1 is 1.33 bits per heavy atom. The van der Waals surface area contributed by atoms with Crippen molar-refractivity contribution in [1.29, 1.82) is 0 Å². The summed E-state index contributed by atoms with van der Waals surface area (Å²) in [4.78, 5) is 21.5. The van der Waals surface area contributed by atoms with Crippen molar-refractivity contribution in [1.82, 2.24) is 5.32 Å². The molecule has 0 saturated carbocycles. The number of carboxylic acids is 1. The Morgan fingerprint density at radius 2 is 2.06 bits per heavy atom. The second-order valence-electron chi connectivity index (χ2n) is 4.04. The third kappa shape index (κ3) is 4.86. The molecule has 1 aromatic rings. The van der Waals surface area contributed by atoms with Crippen molar-refractivity contribution < 1.29 is 19.4 Å². The molecular weight excluding hydrogens is 234 g/mol. The van der Waals surface area contributed by atoms with E-state index in [1.807, 2.05) is 32.0 Å². The van der Waals surface area contributed by atoms with Gasteiger partial charge in [0.15, 0.2) is 0 Å². The predicted octanol–water partition coefficient (Wildman–Crippen LogP) is 1.27. The van der Waals surface area contributed by atoms with Crippen LogP contribution < -0.4 is 10.1 Å². The standard InChI is InChI=1S/C13H17NO4/c1-9-3-4-11(10(2)7-9)18-6-5-12(15)14-8-13(16)17/h3-4,7H,5-6,8H2,1-2H3,(H,14,15)(H,16,17). The maximum Gasteiger partial charge on any atom is 0.322 e. The fourth-order valence-corrected chi connectivity index (χ4v) is 1.48. The van der Waals surface area contributed by atoms with Gasteiger partial charge in [-0.3, -0.25) is 9.59 Å². The Balaban J connectivity index is 2.33. The highest BCUT2D eigenvalue weighted by Crippen LogP contribution is 2.18. The van der Waals surface area contributed by atoms with E-state index < -0.39 is 5.97 Å². The fourth-order valence-electron chi connectivity index (χ4n) is 1.48. The second kappa shape index (κ2) is 6.64. The molecule has 5 heteroatoms. The summed E-state index contributed by atoms with van der Waals surface area (Å²) in [5.74, 6) is -0.646. The van der Waals surface area contributed by atoms with Gasteiger partial charge in [0, 0.05) is 0 Å². The summed E-state index contributed by atoms with van der Waals surface area (Å²) in [6.07, 6.45) is 0.139. The van der Waals surface area contributed by atoms with Crippen molar-refractivity contribution in [3.05, 3.63) is 29.3 Å². The zero-order valence-corrected chi connectivity index (χ0v) is 10.5. The zero-order valence-electron chi connectivity index (χ0n) is 10.5. The van der Waals surface area contributed by atoms with E-state index in [9.17, 15) is 9.59 Å². The maximum absolute atomic E-state index is 11.2. The topological polar surface area (TPSA) is 75.6 Å². The molecule has 0 aliphatic heterocycles. The molecule has 0 unspecified atom stereocenters. The summed E-state index contributed by atoms with van der Waals surface area (Å²) in [6.45, 7) is 3.81. The molecule has 0 atom stereocenters. The minimum Gasteiger partial charge on any atom is -0.493 e. The van der Waals surface area contributed by atoms with Gasteiger partial charge in [-0.05, 0) is 25.5 Å². The number of amides is 1. The number of nitrogens with one attached hydrogen (secondary N) is 1. The van der Waals surface area contributed by atoms with Crippen LogP contribution in [0.2, 0.25) is 0 Å². The minimum atomic E-state index is -1.06. The molecule has 0 aromatic heterocycles. The molecule has 1 rings (SSSR count). The molecule has 1 amide bonds. The average Bonchev–Trinajstić information content (AvgIpc) is 2.29. The van der Waals surface area contributed by atoms with E-state index in [-0.39, 0.29) is 25.5 Å². The van der Waals surface area contributed by atoms with E-state index in [4.69, 9.17) is 9.84 Å². The Morgan fingerprint density at radius 3 is 2.67 bits per heavy atom. The number of rotatable bonds is 6. The molecule has 18 heavy (non-hydrogen) atoms. The van der Waals surface area contributed by atoms with Crippen LogP contribution in [0.4, 0.5) is 0 Å². The van der Waals surface area contributed by atoms with Crippen LogP contribution in [0.1, 0.15) is 17.5 Å². The lowest BCUT2D eigenvalue weighted by Crippen LogP contribution is -2.30. The molecule has 98 valence electrons. The third-order valence-electron chi connectivity index (χ3n) is 2.35. The molecule has 0 aliphatic carbocycles. The first kappa shape index (κ1) is 14.0. The molecule has 0 spiro atoms. The van der Waals surface area contributed by atoms with Gasteiger partial charge in [-0.1, -0.05) is 17.7 Å². The van der Waals surface area contributed by atoms with Crippen LogP contribution in [0.5, 0.6) is 5.75 Å². The van der Waals surface area contributed by atoms with Crippen molar-refractivity contribution in [2.75, 3.05) is 13.2 Å². The molecule has 1 aromatic carbocycles. The first-order valence-electron chi connectivity index (χ1n) is 5.67. The largest absolute Gasteiger partial charge is 0.493 e. The first-order valence-corrected chi connectivity index (χ1v) is 5.67. The highest BCUT2D eigenvalue weighted by Gasteiger charge is 2.05. The van der Waals surface area contributed by atoms with E-state index in [2.05, 4.69) is 5.32 Å². The quantitative estimate of drug-likeness (QED) is 0.798. The Kier molecular flexibility index (Phi) is 5.17. The maximum atomic E-state index is 11.2. The van der Waals surface area contributed by atoms with Crippen molar-refractivity contribution in [3.8, 4) is 5.75 Å². The van der Waals surface area contributed by atoms with Crippen molar-refractivity contribution in [2.24, 2.45) is 0 Å². The molecule has 5 nitrogen and oxygen atoms in total. The van der Waals surface area contributed by atoms with Crippen LogP contribution in [-0.2, 0) is 9.59 Å². The fraction of sp³-hybridized carbons (Fsp3) is 0.385. The molecule has 0 radical (unpaired) electrons. The molecule has 0 bridgehead atoms. The number of aryl methyl sites for hydroxylation is 2. The molecule has 2 N–H and O–H groups in total. The van der Waals surface area contributed by atoms with Gasteiger partial charge in [-0.25, -0.2) is 0 Å². The molecule has 0 heterocycles. The van der Waals surface area contributed by atoms with Gasteiger partial charge in [-0.15, -0.1) is 0 Å². The summed E-state index contributed by atoms with van der Waals surface area (Å²) in [5.41, 5.74) is 2.17. The highest BCUT2D eigenvalue weighted by molar-refractivity contribution is 5.81. The van der Waals surface area contributed by atoms with Crippen LogP contribution in [0.3, 0.4) is 0 Å². The molecule has 0 saturated heterocycles. The Labute approximate surface area is 106 Å². The van der Waals surface area contributed by atoms with Gasteiger partial charge < -0.3 is 15.2 Å². The SMILES string of the molecule is Cc1ccc(OCCC(=O)NCC(=O)O)c(C)c1. The third-order valence-corrected chi connectivity index (χ3v) is 2.35. The summed E-state index contributed by atoms with van der Waals surface area (Å²) in [5, 5.41) is 10.7. The second-order valence-corrected chi connectivity index (χ2v) is 4.04. The summed E-state index contributed by atoms with van der Waals surface area (Å²) in [6, 6.07) is 5.80. The Hall–Kier alpha value is -2.04. The van der Waals surface area contributed by atoms with Crippen LogP contribution in [-0.4, -0.2) is 30.1 Å². The number of benzene rings is 1. The lowest BCUT2D eigenvalue weighted by molar-refractivity contribution is -0.138. The van der Waals surface area contributed by atoms with Gasteiger partial charge in [0.1, 0.15) is 12.3 Å². The van der Waals surface area contributed by atoms with Crippen LogP contribution in [0, 0.1) is 13.8 Å². The smallest absolute Gasteiger partial charge is 0.322 e. The number of aliphatic carboxylic acids is 1. The van der Waals surface area contributed by atoms with E-state index >= 15 is 0 Å². The average molecular weight is 251 g/mol. The summed E-state index contributed by atoms with van der Waals surface area (Å²) < 4.78 is 5.46. The van der Waals surface area contributed by atoms with Gasteiger partial charge in [0.25, 0.3) is 0 Å². The van der Waals surface area contributed by atoms with Gasteiger partial charge >= 0.3 is 5.97 Å². The zero-order chi connectivity index (χ0) is 13.5. The molecule has 0 aliphatic rings. The van der Waals surface area contributed by atoms with E-state index in [0.29, 0.717) is 0 Å². The van der Waals surface area contributed by atoms with Crippen LogP contribution >= 0.6 is 0 Å². The number of carboxylic acid groups (broad SMARTS) is 1. The normalized spacial score (nSPS) is 9.89. The monoisotopic (exact) mass is 251 g/mol. The summed E-state index contributed by atoms with van der Waals surface area (Å²) >= 11 is 0. The number of hydrogen-bond acceptors (Lipinski definition) is 3. The van der Waals surface area contributed by atoms with Crippen LogP contribution in [0.15, 0.2) is 18.2 Å². The van der Waals surface area contributed by atoms with Crippen molar-refractivity contribution >= 4 is 11.9 Å². The number of ether oxygens (including phenoxy) is 1. The number of carbonyl (C=O) groups is 2. The van der Waals surface area contributed by atoms with E-state index in [1.165, 1.54) is 0 Å². The van der Waals surface area contributed by atoms with Gasteiger partial charge in [0.05, 0.1) is 13.0 Å². The predicted molar refractivity (Wildman–Crippen MR) is 66.7 cm³/mol. The lowest BCUT2D eigenvalue weighted by atomic mass is 10.1. The molecular formula is C13H17NO4. The molecule has 0 fully saturated rings. The lowest BCUT2D eigenvalue weighted by Gasteiger charge is -2.09. The minimum absolute atomic E-state index is 0.139. The van der Waals surface area contributed by atoms with Crippen molar-refractivity contribution in [3.63, 3.8) is 0 Å². The van der Waals surface area contributed by atoms with Crippen LogP contribution in [0.25, 0.3) is 0 Å². The summed E-state index contributed by atoms with van der Waals surface area (Å²) in [7, 11) is 0. The van der Waals surface area contributed by atoms with E-state index in [1.54, 1.807) is 0 Å². The first-order chi connectivity index (χ1) is 8.49. The Bertz CT molecular complexity index is 443.